The molecule has 0 spiro atoms. The van der Waals surface area contributed by atoms with Gasteiger partial charge in [0.1, 0.15) is 12.3 Å². The van der Waals surface area contributed by atoms with E-state index in [1.165, 1.54) is 4.68 Å². The molecule has 172 valence electrons. The number of nitrogens with zero attached hydrogens (tertiary/aromatic N) is 2. The normalized spacial score (nSPS) is 11.2. The Bertz CT molecular complexity index is 1070. The molecule has 0 unspecified atom stereocenters. The largest absolute Gasteiger partial charge is 0.487 e. The van der Waals surface area contributed by atoms with Gasteiger partial charge in [-0.15, -0.1) is 12.4 Å². The summed E-state index contributed by atoms with van der Waals surface area (Å²) >= 11 is 12.3. The van der Waals surface area contributed by atoms with Gasteiger partial charge in [0.15, 0.2) is 5.75 Å². The van der Waals surface area contributed by atoms with Crippen LogP contribution in [0, 0.1) is 0 Å². The van der Waals surface area contributed by atoms with Gasteiger partial charge in [-0.25, -0.2) is 18.3 Å². The highest BCUT2D eigenvalue weighted by molar-refractivity contribution is 6.32. The second kappa shape index (κ2) is 11.0. The Hall–Kier alpha value is -2.39. The molecular formula is C21H20Cl3F2N3O3. The Labute approximate surface area is 199 Å². The Balaban J connectivity index is 0.00000363. The Morgan fingerprint density at radius 3 is 2.44 bits per heavy atom. The van der Waals surface area contributed by atoms with Crippen LogP contribution in [-0.4, -0.2) is 46.5 Å². The fourth-order valence-electron chi connectivity index (χ4n) is 2.87. The minimum absolute atomic E-state index is 0. The van der Waals surface area contributed by atoms with E-state index in [1.807, 2.05) is 0 Å². The van der Waals surface area contributed by atoms with Crippen molar-refractivity contribution in [1.29, 1.82) is 0 Å². The molecular weight excluding hydrogens is 487 g/mol. The lowest BCUT2D eigenvalue weighted by Gasteiger charge is -2.14. The van der Waals surface area contributed by atoms with E-state index >= 15 is 0 Å². The number of aromatic carboxylic acids is 1. The van der Waals surface area contributed by atoms with Crippen molar-refractivity contribution >= 4 is 41.6 Å². The first-order chi connectivity index (χ1) is 14.7. The Morgan fingerprint density at radius 1 is 1.19 bits per heavy atom. The predicted octanol–water partition coefficient (Wildman–Crippen LogP) is 5.59. The lowest BCUT2D eigenvalue weighted by atomic mass is 10.1. The number of alkyl halides is 2. The average Bonchev–Trinajstić information content (AvgIpc) is 3.07. The molecule has 0 saturated carbocycles. The van der Waals surface area contributed by atoms with Gasteiger partial charge < -0.3 is 15.2 Å². The summed E-state index contributed by atoms with van der Waals surface area (Å²) in [6, 6.07) is 13.5. The maximum atomic E-state index is 13.0. The first kappa shape index (κ1) is 25.9. The number of nitrogens with one attached hydrogen (secondary N) is 1. The molecule has 6 nitrogen and oxygen atoms in total. The maximum Gasteiger partial charge on any atom is 0.360 e. The highest BCUT2D eigenvalue weighted by Crippen LogP contribution is 2.37. The fraction of sp³-hybridized carbons (Fsp3) is 0.238. The standard InChI is InChI=1S/C21H19Cl2F2N3O3.ClH/c1-21(24,25)12-26-10-11-31-19-17(20(29)30)27-28(16-5-3-2-4-15(16)23)18(19)13-6-8-14(22)9-7-13;/h2-9,26H,10-12H2,1H3,(H,29,30);1H. The molecule has 3 aromatic rings. The quantitative estimate of drug-likeness (QED) is 0.370. The molecule has 1 heterocycles. The zero-order chi connectivity index (χ0) is 22.6. The van der Waals surface area contributed by atoms with E-state index in [0.717, 1.165) is 6.92 Å². The van der Waals surface area contributed by atoms with Gasteiger partial charge in [-0.3, -0.25) is 0 Å². The van der Waals surface area contributed by atoms with Crippen molar-refractivity contribution in [3.8, 4) is 22.7 Å². The summed E-state index contributed by atoms with van der Waals surface area (Å²) in [5.74, 6) is -4.17. The number of hydrogen-bond acceptors (Lipinski definition) is 4. The van der Waals surface area contributed by atoms with Crippen molar-refractivity contribution < 1.29 is 23.4 Å². The van der Waals surface area contributed by atoms with E-state index in [-0.39, 0.29) is 37.0 Å². The monoisotopic (exact) mass is 505 g/mol. The molecule has 3 rings (SSSR count). The zero-order valence-electron chi connectivity index (χ0n) is 16.8. The number of benzene rings is 2. The van der Waals surface area contributed by atoms with Crippen LogP contribution < -0.4 is 10.1 Å². The van der Waals surface area contributed by atoms with E-state index in [4.69, 9.17) is 27.9 Å². The van der Waals surface area contributed by atoms with Gasteiger partial charge >= 0.3 is 5.97 Å². The number of carboxylic acid groups (broad SMARTS) is 1. The SMILES string of the molecule is CC(F)(F)CNCCOc1c(C(=O)O)nn(-c2ccccc2Cl)c1-c1ccc(Cl)cc1.Cl. The van der Waals surface area contributed by atoms with Crippen molar-refractivity contribution in [3.05, 3.63) is 64.3 Å². The molecule has 0 aliphatic heterocycles. The van der Waals surface area contributed by atoms with Crippen molar-refractivity contribution in [2.75, 3.05) is 19.7 Å². The van der Waals surface area contributed by atoms with Gasteiger partial charge in [-0.1, -0.05) is 47.5 Å². The van der Waals surface area contributed by atoms with Crippen molar-refractivity contribution in [1.82, 2.24) is 15.1 Å². The van der Waals surface area contributed by atoms with Gasteiger partial charge in [0.2, 0.25) is 5.69 Å². The topological polar surface area (TPSA) is 76.4 Å². The summed E-state index contributed by atoms with van der Waals surface area (Å²) in [6.07, 6.45) is 0. The number of ether oxygens (including phenoxy) is 1. The van der Waals surface area contributed by atoms with Crippen LogP contribution in [0.5, 0.6) is 5.75 Å². The van der Waals surface area contributed by atoms with Gasteiger partial charge in [-0.2, -0.15) is 5.10 Å². The summed E-state index contributed by atoms with van der Waals surface area (Å²) in [4.78, 5) is 11.9. The summed E-state index contributed by atoms with van der Waals surface area (Å²) in [7, 11) is 0. The summed E-state index contributed by atoms with van der Waals surface area (Å²) < 4.78 is 33.1. The predicted molar refractivity (Wildman–Crippen MR) is 122 cm³/mol. The third-order valence-corrected chi connectivity index (χ3v) is 4.78. The molecule has 0 atom stereocenters. The number of rotatable bonds is 9. The van der Waals surface area contributed by atoms with Crippen molar-refractivity contribution in [2.24, 2.45) is 0 Å². The van der Waals surface area contributed by atoms with Gasteiger partial charge in [-0.05, 0) is 24.3 Å². The minimum atomic E-state index is -2.87. The van der Waals surface area contributed by atoms with Gasteiger partial charge in [0.25, 0.3) is 5.92 Å². The number of para-hydroxylation sites is 1. The van der Waals surface area contributed by atoms with Crippen molar-refractivity contribution in [3.63, 3.8) is 0 Å². The Morgan fingerprint density at radius 2 is 1.84 bits per heavy atom. The lowest BCUT2D eigenvalue weighted by Crippen LogP contribution is -2.32. The van der Waals surface area contributed by atoms with Crippen LogP contribution >= 0.6 is 35.6 Å². The minimum Gasteiger partial charge on any atom is -0.487 e. The summed E-state index contributed by atoms with van der Waals surface area (Å²) in [6.45, 7) is 0.311. The smallest absolute Gasteiger partial charge is 0.360 e. The second-order valence-corrected chi connectivity index (χ2v) is 7.64. The molecule has 2 N–H and O–H groups in total. The van der Waals surface area contributed by atoms with E-state index in [2.05, 4.69) is 10.4 Å². The number of aromatic nitrogens is 2. The molecule has 0 aliphatic rings. The zero-order valence-corrected chi connectivity index (χ0v) is 19.1. The first-order valence-corrected chi connectivity index (χ1v) is 10.0. The van der Waals surface area contributed by atoms with E-state index in [0.29, 0.717) is 27.0 Å². The van der Waals surface area contributed by atoms with Crippen LogP contribution in [0.25, 0.3) is 16.9 Å². The van der Waals surface area contributed by atoms with Crippen LogP contribution in [-0.2, 0) is 0 Å². The first-order valence-electron chi connectivity index (χ1n) is 9.26. The molecule has 0 aliphatic carbocycles. The van der Waals surface area contributed by atoms with Crippen LogP contribution in [0.15, 0.2) is 48.5 Å². The third-order valence-electron chi connectivity index (χ3n) is 4.20. The average molecular weight is 507 g/mol. The maximum absolute atomic E-state index is 13.0. The molecule has 32 heavy (non-hydrogen) atoms. The lowest BCUT2D eigenvalue weighted by molar-refractivity contribution is 0.0222. The van der Waals surface area contributed by atoms with Crippen molar-refractivity contribution in [2.45, 2.75) is 12.8 Å². The van der Waals surface area contributed by atoms with Crippen LogP contribution in [0.3, 0.4) is 0 Å². The second-order valence-electron chi connectivity index (χ2n) is 6.80. The highest BCUT2D eigenvalue weighted by Gasteiger charge is 2.27. The molecule has 0 fully saturated rings. The molecule has 0 bridgehead atoms. The molecule has 2 aromatic carbocycles. The number of halogens is 5. The van der Waals surface area contributed by atoms with Crippen LogP contribution in [0.1, 0.15) is 17.4 Å². The van der Waals surface area contributed by atoms with Crippen LogP contribution in [0.4, 0.5) is 8.78 Å². The molecule has 0 saturated heterocycles. The number of carboxylic acids is 1. The van der Waals surface area contributed by atoms with E-state index in [9.17, 15) is 18.7 Å². The highest BCUT2D eigenvalue weighted by atomic mass is 35.5. The van der Waals surface area contributed by atoms with E-state index < -0.39 is 18.4 Å². The number of carbonyl (C=O) groups is 1. The third kappa shape index (κ3) is 6.32. The van der Waals surface area contributed by atoms with Gasteiger partial charge in [0, 0.05) is 24.1 Å². The molecule has 0 radical (unpaired) electrons. The fourth-order valence-corrected chi connectivity index (χ4v) is 3.21. The summed E-state index contributed by atoms with van der Waals surface area (Å²) in [5.41, 5.74) is 1.07. The molecule has 11 heteroatoms. The summed E-state index contributed by atoms with van der Waals surface area (Å²) in [5, 5.41) is 17.3. The number of hydrogen-bond donors (Lipinski definition) is 2. The molecule has 1 aromatic heterocycles. The molecule has 0 amide bonds. The van der Waals surface area contributed by atoms with E-state index in [1.54, 1.807) is 48.5 Å². The van der Waals surface area contributed by atoms with Crippen LogP contribution in [0.2, 0.25) is 10.0 Å². The Kier molecular flexibility index (Phi) is 8.86. The van der Waals surface area contributed by atoms with Gasteiger partial charge in [0.05, 0.1) is 17.3 Å².